The third kappa shape index (κ3) is 3.81. The summed E-state index contributed by atoms with van der Waals surface area (Å²) in [5.41, 5.74) is 1.94. The minimum absolute atomic E-state index is 0.272. The summed E-state index contributed by atoms with van der Waals surface area (Å²) >= 11 is 1.48. The van der Waals surface area contributed by atoms with Gasteiger partial charge in [-0.15, -0.1) is 11.3 Å². The Labute approximate surface area is 151 Å². The van der Waals surface area contributed by atoms with E-state index < -0.39 is 10.0 Å². The monoisotopic (exact) mass is 376 g/mol. The van der Waals surface area contributed by atoms with Gasteiger partial charge in [0, 0.05) is 28.2 Å². The van der Waals surface area contributed by atoms with Crippen LogP contribution in [0.1, 0.15) is 15.3 Å². The second kappa shape index (κ2) is 7.07. The fraction of sp³-hybridized carbons (Fsp3) is 0.294. The SMILES string of the molecule is Cc1cc(S(=O)(=O)NCCNc2ncnc3cccc(C)c23)c(C)s1. The maximum Gasteiger partial charge on any atom is 0.241 e. The van der Waals surface area contributed by atoms with Gasteiger partial charge in [-0.05, 0) is 38.5 Å². The number of fused-ring (bicyclic) bond motifs is 1. The molecule has 0 atom stereocenters. The Kier molecular flexibility index (Phi) is 5.03. The molecule has 0 spiro atoms. The molecule has 0 aliphatic carbocycles. The molecule has 0 saturated carbocycles. The van der Waals surface area contributed by atoms with Crippen LogP contribution in [-0.4, -0.2) is 31.5 Å². The minimum Gasteiger partial charge on any atom is -0.368 e. The summed E-state index contributed by atoms with van der Waals surface area (Å²) in [6.45, 7) is 6.43. The second-order valence-electron chi connectivity index (χ2n) is 5.79. The van der Waals surface area contributed by atoms with Crippen molar-refractivity contribution in [3.8, 4) is 0 Å². The van der Waals surface area contributed by atoms with Crippen LogP contribution >= 0.6 is 11.3 Å². The zero-order chi connectivity index (χ0) is 18.0. The molecule has 0 radical (unpaired) electrons. The van der Waals surface area contributed by atoms with E-state index in [1.54, 1.807) is 6.07 Å². The van der Waals surface area contributed by atoms with Gasteiger partial charge < -0.3 is 5.32 Å². The van der Waals surface area contributed by atoms with E-state index in [-0.39, 0.29) is 6.54 Å². The molecule has 25 heavy (non-hydrogen) atoms. The molecule has 3 aromatic rings. The summed E-state index contributed by atoms with van der Waals surface area (Å²) < 4.78 is 27.4. The number of rotatable bonds is 6. The van der Waals surface area contributed by atoms with Crippen LogP contribution in [0.3, 0.4) is 0 Å². The average molecular weight is 377 g/mol. The largest absolute Gasteiger partial charge is 0.368 e. The van der Waals surface area contributed by atoms with Crippen LogP contribution in [-0.2, 0) is 10.0 Å². The van der Waals surface area contributed by atoms with Gasteiger partial charge in [0.1, 0.15) is 12.1 Å². The Bertz CT molecular complexity index is 1010. The molecule has 0 aliphatic rings. The molecule has 6 nitrogen and oxygen atoms in total. The summed E-state index contributed by atoms with van der Waals surface area (Å²) in [6, 6.07) is 7.59. The molecule has 0 saturated heterocycles. The number of aryl methyl sites for hydroxylation is 3. The van der Waals surface area contributed by atoms with Gasteiger partial charge in [-0.1, -0.05) is 12.1 Å². The standard InChI is InChI=1S/C17H20N4O2S2/c1-11-5-4-6-14-16(11)17(20-10-19-14)18-7-8-21-25(22,23)15-9-12(2)24-13(15)3/h4-6,9-10,21H,7-8H2,1-3H3,(H,18,19,20). The van der Waals surface area contributed by atoms with Crippen LogP contribution in [0, 0.1) is 20.8 Å². The first kappa shape index (κ1) is 17.8. The Hall–Kier alpha value is -2.03. The van der Waals surface area contributed by atoms with Gasteiger partial charge in [0.25, 0.3) is 0 Å². The van der Waals surface area contributed by atoms with Crippen molar-refractivity contribution in [2.45, 2.75) is 25.7 Å². The molecule has 2 N–H and O–H groups in total. The lowest BCUT2D eigenvalue weighted by Gasteiger charge is -2.11. The second-order valence-corrected chi connectivity index (χ2v) is 8.99. The van der Waals surface area contributed by atoms with Gasteiger partial charge >= 0.3 is 0 Å². The molecule has 2 heterocycles. The molecule has 0 fully saturated rings. The first-order chi connectivity index (χ1) is 11.9. The topological polar surface area (TPSA) is 84.0 Å². The minimum atomic E-state index is -3.49. The average Bonchev–Trinajstić information content (AvgIpc) is 2.91. The predicted molar refractivity (Wildman–Crippen MR) is 102 cm³/mol. The molecule has 0 amide bonds. The summed E-state index contributed by atoms with van der Waals surface area (Å²) in [5.74, 6) is 0.713. The highest BCUT2D eigenvalue weighted by atomic mass is 32.2. The van der Waals surface area contributed by atoms with Gasteiger partial charge in [-0.25, -0.2) is 23.1 Å². The number of sulfonamides is 1. The molecular formula is C17H20N4O2S2. The number of hydrogen-bond donors (Lipinski definition) is 2. The Morgan fingerprint density at radius 2 is 1.92 bits per heavy atom. The molecule has 0 bridgehead atoms. The fourth-order valence-corrected chi connectivity index (χ4v) is 5.32. The van der Waals surface area contributed by atoms with E-state index in [4.69, 9.17) is 0 Å². The van der Waals surface area contributed by atoms with Gasteiger partial charge in [0.05, 0.1) is 10.4 Å². The normalized spacial score (nSPS) is 11.8. The Morgan fingerprint density at radius 1 is 1.12 bits per heavy atom. The van der Waals surface area contributed by atoms with E-state index in [1.807, 2.05) is 39.0 Å². The van der Waals surface area contributed by atoms with Crippen molar-refractivity contribution in [1.82, 2.24) is 14.7 Å². The van der Waals surface area contributed by atoms with Crippen molar-refractivity contribution in [3.63, 3.8) is 0 Å². The van der Waals surface area contributed by atoms with Crippen molar-refractivity contribution in [3.05, 3.63) is 45.9 Å². The first-order valence-electron chi connectivity index (χ1n) is 7.89. The summed E-state index contributed by atoms with van der Waals surface area (Å²) in [4.78, 5) is 10.7. The van der Waals surface area contributed by atoms with E-state index in [0.717, 1.165) is 26.2 Å². The van der Waals surface area contributed by atoms with Gasteiger partial charge in [0.15, 0.2) is 0 Å². The van der Waals surface area contributed by atoms with Crippen LogP contribution in [0.2, 0.25) is 0 Å². The smallest absolute Gasteiger partial charge is 0.241 e. The van der Waals surface area contributed by atoms with Crippen LogP contribution < -0.4 is 10.0 Å². The molecule has 1 aromatic carbocycles. The quantitative estimate of drug-likeness (QED) is 0.646. The van der Waals surface area contributed by atoms with Crippen LogP contribution in [0.4, 0.5) is 5.82 Å². The molecule has 8 heteroatoms. The summed E-state index contributed by atoms with van der Waals surface area (Å²) in [5, 5.41) is 4.15. The van der Waals surface area contributed by atoms with E-state index in [1.165, 1.54) is 17.7 Å². The van der Waals surface area contributed by atoms with E-state index in [2.05, 4.69) is 20.0 Å². The zero-order valence-corrected chi connectivity index (χ0v) is 16.0. The Balaban J connectivity index is 1.67. The highest BCUT2D eigenvalue weighted by Crippen LogP contribution is 2.25. The maximum atomic E-state index is 12.4. The van der Waals surface area contributed by atoms with E-state index >= 15 is 0 Å². The van der Waals surface area contributed by atoms with E-state index in [0.29, 0.717) is 17.3 Å². The number of anilines is 1. The van der Waals surface area contributed by atoms with Crippen molar-refractivity contribution < 1.29 is 8.42 Å². The van der Waals surface area contributed by atoms with Crippen LogP contribution in [0.15, 0.2) is 35.5 Å². The molecule has 0 unspecified atom stereocenters. The lowest BCUT2D eigenvalue weighted by Crippen LogP contribution is -2.29. The highest BCUT2D eigenvalue weighted by molar-refractivity contribution is 7.89. The molecular weight excluding hydrogens is 356 g/mol. The molecule has 0 aliphatic heterocycles. The van der Waals surface area contributed by atoms with Gasteiger partial charge in [0.2, 0.25) is 10.0 Å². The van der Waals surface area contributed by atoms with Crippen LogP contribution in [0.25, 0.3) is 10.9 Å². The Morgan fingerprint density at radius 3 is 2.64 bits per heavy atom. The number of thiophene rings is 1. The first-order valence-corrected chi connectivity index (χ1v) is 10.2. The maximum absolute atomic E-state index is 12.4. The van der Waals surface area contributed by atoms with Gasteiger partial charge in [-0.3, -0.25) is 0 Å². The zero-order valence-electron chi connectivity index (χ0n) is 14.3. The number of benzene rings is 1. The summed E-state index contributed by atoms with van der Waals surface area (Å²) in [7, 11) is -3.49. The van der Waals surface area contributed by atoms with Crippen LogP contribution in [0.5, 0.6) is 0 Å². The number of aromatic nitrogens is 2. The van der Waals surface area contributed by atoms with Crippen molar-refractivity contribution in [2.75, 3.05) is 18.4 Å². The number of hydrogen-bond acceptors (Lipinski definition) is 6. The third-order valence-corrected chi connectivity index (χ3v) is 6.55. The predicted octanol–water partition coefficient (Wildman–Crippen LogP) is 3.01. The van der Waals surface area contributed by atoms with Crippen molar-refractivity contribution in [1.29, 1.82) is 0 Å². The van der Waals surface area contributed by atoms with Crippen molar-refractivity contribution >= 4 is 38.1 Å². The summed E-state index contributed by atoms with van der Waals surface area (Å²) in [6.07, 6.45) is 1.51. The number of nitrogens with zero attached hydrogens (tertiary/aromatic N) is 2. The molecule has 2 aromatic heterocycles. The lowest BCUT2D eigenvalue weighted by molar-refractivity contribution is 0.582. The molecule has 132 valence electrons. The fourth-order valence-electron chi connectivity index (χ4n) is 2.73. The van der Waals surface area contributed by atoms with Gasteiger partial charge in [-0.2, -0.15) is 0 Å². The lowest BCUT2D eigenvalue weighted by atomic mass is 10.1. The van der Waals surface area contributed by atoms with Crippen molar-refractivity contribution in [2.24, 2.45) is 0 Å². The van der Waals surface area contributed by atoms with E-state index in [9.17, 15) is 8.42 Å². The molecule has 3 rings (SSSR count). The third-order valence-electron chi connectivity index (χ3n) is 3.87. The highest BCUT2D eigenvalue weighted by Gasteiger charge is 2.18. The number of nitrogens with one attached hydrogen (secondary N) is 2.